The molecule has 0 saturated carbocycles. The zero-order valence-electron chi connectivity index (χ0n) is 14.8. The Bertz CT molecular complexity index is 672. The van der Waals surface area contributed by atoms with Crippen molar-refractivity contribution >= 4 is 20.6 Å². The third-order valence-corrected chi connectivity index (χ3v) is 6.69. The Balaban J connectivity index is 2.10. The summed E-state index contributed by atoms with van der Waals surface area (Å²) in [6, 6.07) is 16.5. The fourth-order valence-corrected chi connectivity index (χ4v) is 4.57. The molecule has 0 saturated heterocycles. The second kappa shape index (κ2) is 6.82. The van der Waals surface area contributed by atoms with Crippen molar-refractivity contribution in [3.8, 4) is 0 Å². The summed E-state index contributed by atoms with van der Waals surface area (Å²) in [6.07, 6.45) is 0. The van der Waals surface area contributed by atoms with Crippen LogP contribution in [0.15, 0.2) is 58.3 Å². The molecule has 0 aliphatic carbocycles. The van der Waals surface area contributed by atoms with Crippen molar-refractivity contribution in [1.29, 1.82) is 0 Å². The lowest BCUT2D eigenvalue weighted by atomic mass is 9.87. The van der Waals surface area contributed by atoms with E-state index in [4.69, 9.17) is 0 Å². The zero-order chi connectivity index (χ0) is 17.3. The van der Waals surface area contributed by atoms with E-state index in [0.29, 0.717) is 0 Å². The van der Waals surface area contributed by atoms with Crippen LogP contribution in [-0.2, 0) is 20.7 Å². The van der Waals surface area contributed by atoms with Crippen molar-refractivity contribution in [2.75, 3.05) is 0 Å². The van der Waals surface area contributed by atoms with E-state index in [0.717, 1.165) is 9.79 Å². The summed E-state index contributed by atoms with van der Waals surface area (Å²) in [4.78, 5) is 1.90. The van der Waals surface area contributed by atoms with Crippen LogP contribution >= 0.6 is 10.8 Å². The lowest BCUT2D eigenvalue weighted by Gasteiger charge is -2.19. The van der Waals surface area contributed by atoms with Gasteiger partial charge in [-0.2, -0.15) is 0 Å². The molecule has 2 aromatic rings. The predicted molar refractivity (Wildman–Crippen MR) is 103 cm³/mol. The third-order valence-electron chi connectivity index (χ3n) is 3.81. The van der Waals surface area contributed by atoms with Crippen LogP contribution in [0.5, 0.6) is 0 Å². The summed E-state index contributed by atoms with van der Waals surface area (Å²) >= 11 is 0. The fraction of sp³-hybridized carbons (Fsp3) is 0.400. The Morgan fingerprint density at radius 1 is 0.696 bits per heavy atom. The first-order chi connectivity index (χ1) is 10.6. The van der Waals surface area contributed by atoms with Crippen LogP contribution in [-0.4, -0.2) is 4.21 Å². The van der Waals surface area contributed by atoms with Gasteiger partial charge in [-0.25, -0.2) is 4.21 Å². The average Bonchev–Trinajstić information content (AvgIpc) is 2.46. The van der Waals surface area contributed by atoms with Crippen LogP contribution in [0, 0.1) is 0 Å². The van der Waals surface area contributed by atoms with Gasteiger partial charge in [-0.05, 0) is 57.0 Å². The predicted octanol–water partition coefficient (Wildman–Crippen LogP) is 6.10. The van der Waals surface area contributed by atoms with Crippen molar-refractivity contribution in [2.45, 2.75) is 62.2 Å². The molecule has 3 heteroatoms. The van der Waals surface area contributed by atoms with Crippen molar-refractivity contribution < 1.29 is 4.21 Å². The summed E-state index contributed by atoms with van der Waals surface area (Å²) < 4.78 is 12.5. The molecule has 0 radical (unpaired) electrons. The van der Waals surface area contributed by atoms with Gasteiger partial charge in [0, 0.05) is 4.90 Å². The maximum absolute atomic E-state index is 12.5. The molecule has 124 valence electrons. The Kier molecular flexibility index (Phi) is 5.42. The van der Waals surface area contributed by atoms with Crippen LogP contribution in [0.4, 0.5) is 0 Å². The highest BCUT2D eigenvalue weighted by molar-refractivity contribution is 8.69. The maximum atomic E-state index is 12.5. The van der Waals surface area contributed by atoms with Gasteiger partial charge in [0.25, 0.3) is 0 Å². The van der Waals surface area contributed by atoms with Crippen molar-refractivity contribution in [1.82, 2.24) is 0 Å². The molecule has 0 aliphatic rings. The first kappa shape index (κ1) is 18.3. The summed E-state index contributed by atoms with van der Waals surface area (Å²) in [5.74, 6) is 0. The van der Waals surface area contributed by atoms with E-state index < -0.39 is 9.83 Å². The number of benzene rings is 2. The first-order valence-corrected chi connectivity index (χ1v) is 10.4. The minimum absolute atomic E-state index is 0.121. The molecular formula is C20H26OS2. The second-order valence-electron chi connectivity index (χ2n) is 7.87. The maximum Gasteiger partial charge on any atom is 0.117 e. The third kappa shape index (κ3) is 4.95. The van der Waals surface area contributed by atoms with Gasteiger partial charge in [0.05, 0.1) is 4.90 Å². The largest absolute Gasteiger partial charge is 0.242 e. The minimum atomic E-state index is -1.08. The molecule has 0 aromatic heterocycles. The lowest BCUT2D eigenvalue weighted by Crippen LogP contribution is -2.10. The van der Waals surface area contributed by atoms with Gasteiger partial charge in [-0.15, -0.1) is 0 Å². The van der Waals surface area contributed by atoms with Crippen LogP contribution < -0.4 is 0 Å². The average molecular weight is 347 g/mol. The number of hydrogen-bond donors (Lipinski definition) is 0. The smallest absolute Gasteiger partial charge is 0.117 e. The quantitative estimate of drug-likeness (QED) is 0.625. The molecule has 0 aliphatic heterocycles. The van der Waals surface area contributed by atoms with E-state index >= 15 is 0 Å². The van der Waals surface area contributed by atoms with Gasteiger partial charge < -0.3 is 0 Å². The normalized spacial score (nSPS) is 13.8. The standard InChI is InChI=1S/C20H26OS2/c1-19(2,3)15-7-11-17(12-8-15)22-23(21)18-13-9-16(10-14-18)20(4,5)6/h7-14H,1-6H3. The van der Waals surface area contributed by atoms with Crippen LogP contribution in [0.2, 0.25) is 0 Å². The molecule has 2 rings (SSSR count). The summed E-state index contributed by atoms with van der Waals surface area (Å²) in [5, 5.41) is 0. The molecule has 0 fully saturated rings. The van der Waals surface area contributed by atoms with E-state index in [1.54, 1.807) is 0 Å². The molecule has 1 nitrogen and oxygen atoms in total. The van der Waals surface area contributed by atoms with E-state index in [2.05, 4.69) is 77.9 Å². The van der Waals surface area contributed by atoms with Gasteiger partial charge in [0.15, 0.2) is 0 Å². The SMILES string of the molecule is CC(C)(C)c1ccc(SS(=O)c2ccc(C(C)(C)C)cc2)cc1. The first-order valence-electron chi connectivity index (χ1n) is 7.88. The molecule has 1 atom stereocenters. The molecule has 0 heterocycles. The molecule has 0 amide bonds. The molecule has 0 bridgehead atoms. The van der Waals surface area contributed by atoms with Gasteiger partial charge in [0.1, 0.15) is 9.83 Å². The minimum Gasteiger partial charge on any atom is -0.242 e. The molecule has 0 N–H and O–H groups in total. The summed E-state index contributed by atoms with van der Waals surface area (Å²) in [5.41, 5.74) is 2.82. The van der Waals surface area contributed by atoms with Gasteiger partial charge in [-0.3, -0.25) is 0 Å². The number of hydrogen-bond acceptors (Lipinski definition) is 2. The van der Waals surface area contributed by atoms with Crippen LogP contribution in [0.1, 0.15) is 52.7 Å². The van der Waals surface area contributed by atoms with Gasteiger partial charge in [0.2, 0.25) is 0 Å². The van der Waals surface area contributed by atoms with E-state index in [9.17, 15) is 4.21 Å². The van der Waals surface area contributed by atoms with E-state index in [1.165, 1.54) is 21.9 Å². The molecule has 1 unspecified atom stereocenters. The Morgan fingerprint density at radius 2 is 1.09 bits per heavy atom. The monoisotopic (exact) mass is 346 g/mol. The molecule has 2 aromatic carbocycles. The van der Waals surface area contributed by atoms with Gasteiger partial charge in [-0.1, -0.05) is 65.8 Å². The second-order valence-corrected chi connectivity index (χ2v) is 10.9. The highest BCUT2D eigenvalue weighted by Crippen LogP contribution is 2.31. The molecule has 23 heavy (non-hydrogen) atoms. The highest BCUT2D eigenvalue weighted by Gasteiger charge is 2.15. The fourth-order valence-electron chi connectivity index (χ4n) is 2.21. The Hall–Kier alpha value is -1.06. The van der Waals surface area contributed by atoms with Crippen LogP contribution in [0.25, 0.3) is 0 Å². The Labute approximate surface area is 146 Å². The topological polar surface area (TPSA) is 17.1 Å². The number of rotatable bonds is 3. The van der Waals surface area contributed by atoms with Gasteiger partial charge >= 0.3 is 0 Å². The zero-order valence-corrected chi connectivity index (χ0v) is 16.5. The summed E-state index contributed by atoms with van der Waals surface area (Å²) in [6.45, 7) is 13.2. The van der Waals surface area contributed by atoms with E-state index in [-0.39, 0.29) is 10.8 Å². The van der Waals surface area contributed by atoms with Crippen molar-refractivity contribution in [3.05, 3.63) is 59.7 Å². The van der Waals surface area contributed by atoms with Crippen LogP contribution in [0.3, 0.4) is 0 Å². The van der Waals surface area contributed by atoms with E-state index in [1.807, 2.05) is 12.1 Å². The highest BCUT2D eigenvalue weighted by atomic mass is 33.1. The lowest BCUT2D eigenvalue weighted by molar-refractivity contribution is 0.589. The van der Waals surface area contributed by atoms with Crippen molar-refractivity contribution in [2.24, 2.45) is 0 Å². The van der Waals surface area contributed by atoms with Crippen molar-refractivity contribution in [3.63, 3.8) is 0 Å². The molecular weight excluding hydrogens is 320 g/mol. The Morgan fingerprint density at radius 3 is 1.48 bits per heavy atom. The molecule has 0 spiro atoms. The summed E-state index contributed by atoms with van der Waals surface area (Å²) in [7, 11) is 0.321.